The van der Waals surface area contributed by atoms with Crippen molar-refractivity contribution < 1.29 is 14.6 Å². The molecule has 30 heavy (non-hydrogen) atoms. The number of para-hydroxylation sites is 1. The van der Waals surface area contributed by atoms with Crippen molar-refractivity contribution in [2.75, 3.05) is 0 Å². The Morgan fingerprint density at radius 3 is 2.67 bits per heavy atom. The average molecular weight is 465 g/mol. The number of nitrogens with one attached hydrogen (secondary N) is 2. The molecule has 0 spiro atoms. The summed E-state index contributed by atoms with van der Waals surface area (Å²) in [6, 6.07) is 19.5. The molecule has 5 nitrogen and oxygen atoms in total. The number of amides is 1. The summed E-state index contributed by atoms with van der Waals surface area (Å²) in [5.74, 6) is 0.113. The molecule has 4 aromatic rings. The number of rotatable bonds is 6. The minimum atomic E-state index is -0.101. The summed E-state index contributed by atoms with van der Waals surface area (Å²) in [5.41, 5.74) is 3.63. The van der Waals surface area contributed by atoms with Crippen molar-refractivity contribution >= 4 is 32.6 Å². The van der Waals surface area contributed by atoms with Crippen molar-refractivity contribution in [2.45, 2.75) is 26.3 Å². The SMILES string of the molecule is CCCc1c(C(=O)NCc2ccc3cc(O)c(Br)cc3c2)c[nH][n+]1-c1ccccc1. The topological polar surface area (TPSA) is 69.0 Å². The summed E-state index contributed by atoms with van der Waals surface area (Å²) in [4.78, 5) is 12.9. The van der Waals surface area contributed by atoms with Crippen molar-refractivity contribution in [3.63, 3.8) is 0 Å². The van der Waals surface area contributed by atoms with Crippen LogP contribution in [-0.2, 0) is 13.0 Å². The molecule has 0 aliphatic carbocycles. The third kappa shape index (κ3) is 4.09. The van der Waals surface area contributed by atoms with Gasteiger partial charge in [-0.3, -0.25) is 4.79 Å². The van der Waals surface area contributed by atoms with E-state index in [1.165, 1.54) is 0 Å². The molecule has 0 saturated heterocycles. The Bertz CT molecular complexity index is 1200. The van der Waals surface area contributed by atoms with Crippen LogP contribution in [0.1, 0.15) is 35.0 Å². The van der Waals surface area contributed by atoms with Gasteiger partial charge in [0.1, 0.15) is 11.3 Å². The molecule has 0 saturated carbocycles. The van der Waals surface area contributed by atoms with Gasteiger partial charge in [-0.25, -0.2) is 0 Å². The van der Waals surface area contributed by atoms with Crippen LogP contribution in [0.5, 0.6) is 5.75 Å². The third-order valence-corrected chi connectivity index (χ3v) is 5.72. The molecular formula is C24H23BrN3O2+. The number of carbonyl (C=O) groups is 1. The van der Waals surface area contributed by atoms with Crippen LogP contribution in [0.3, 0.4) is 0 Å². The Morgan fingerprint density at radius 2 is 1.90 bits per heavy atom. The van der Waals surface area contributed by atoms with E-state index in [0.717, 1.165) is 40.6 Å². The number of phenolic OH excluding ortho intramolecular Hbond substituents is 1. The van der Waals surface area contributed by atoms with E-state index in [-0.39, 0.29) is 11.7 Å². The van der Waals surface area contributed by atoms with Crippen LogP contribution >= 0.6 is 15.9 Å². The second-order valence-electron chi connectivity index (χ2n) is 7.22. The predicted molar refractivity (Wildman–Crippen MR) is 121 cm³/mol. The molecule has 0 atom stereocenters. The molecule has 0 aliphatic heterocycles. The first-order valence-corrected chi connectivity index (χ1v) is 10.7. The quantitative estimate of drug-likeness (QED) is 0.359. The number of aromatic amines is 1. The Labute approximate surface area is 183 Å². The van der Waals surface area contributed by atoms with Crippen molar-refractivity contribution in [2.24, 2.45) is 0 Å². The van der Waals surface area contributed by atoms with Gasteiger partial charge in [0.05, 0.1) is 10.7 Å². The number of phenols is 1. The van der Waals surface area contributed by atoms with Gasteiger partial charge in [0.15, 0.2) is 0 Å². The maximum atomic E-state index is 12.9. The van der Waals surface area contributed by atoms with Crippen LogP contribution in [0, 0.1) is 0 Å². The van der Waals surface area contributed by atoms with Gasteiger partial charge >= 0.3 is 0 Å². The van der Waals surface area contributed by atoms with Gasteiger partial charge in [0, 0.05) is 25.1 Å². The van der Waals surface area contributed by atoms with E-state index >= 15 is 0 Å². The van der Waals surface area contributed by atoms with Crippen molar-refractivity contribution in [3.05, 3.63) is 88.2 Å². The molecular weight excluding hydrogens is 442 g/mol. The number of aromatic hydroxyl groups is 1. The standard InChI is InChI=1S/C24H22BrN3O2/c1-2-6-22-20(15-27-28(22)19-7-4-3-5-8-19)24(30)26-14-16-9-10-17-13-23(29)21(25)12-18(17)11-16/h3-5,7-13,15H,2,6,14H2,1H3,(H2,26,29,30)/p+1. The highest BCUT2D eigenvalue weighted by atomic mass is 79.9. The summed E-state index contributed by atoms with van der Waals surface area (Å²) < 4.78 is 2.62. The molecule has 1 heterocycles. The van der Waals surface area contributed by atoms with Crippen LogP contribution in [0.15, 0.2) is 71.3 Å². The van der Waals surface area contributed by atoms with Gasteiger partial charge in [0.2, 0.25) is 11.4 Å². The lowest BCUT2D eigenvalue weighted by Crippen LogP contribution is -2.37. The number of H-pyrrole nitrogens is 1. The zero-order valence-corrected chi connectivity index (χ0v) is 18.2. The summed E-state index contributed by atoms with van der Waals surface area (Å²) >= 11 is 3.35. The van der Waals surface area contributed by atoms with Gasteiger partial charge in [-0.05, 0) is 56.9 Å². The van der Waals surface area contributed by atoms with E-state index in [2.05, 4.69) is 33.3 Å². The third-order valence-electron chi connectivity index (χ3n) is 5.09. The molecule has 152 valence electrons. The second-order valence-corrected chi connectivity index (χ2v) is 8.08. The fourth-order valence-corrected chi connectivity index (χ4v) is 3.95. The Hall–Kier alpha value is -3.12. The highest BCUT2D eigenvalue weighted by Crippen LogP contribution is 2.29. The first-order chi connectivity index (χ1) is 14.6. The molecule has 0 fully saturated rings. The number of halogens is 1. The van der Waals surface area contributed by atoms with E-state index in [1.54, 1.807) is 12.3 Å². The van der Waals surface area contributed by atoms with Crippen LogP contribution < -0.4 is 10.00 Å². The molecule has 0 aliphatic rings. The lowest BCUT2D eigenvalue weighted by Gasteiger charge is -2.07. The predicted octanol–water partition coefficient (Wildman–Crippen LogP) is 4.80. The van der Waals surface area contributed by atoms with Crippen LogP contribution in [0.25, 0.3) is 16.5 Å². The average Bonchev–Trinajstić information content (AvgIpc) is 3.17. The molecule has 0 unspecified atom stereocenters. The highest BCUT2D eigenvalue weighted by Gasteiger charge is 2.25. The minimum absolute atomic E-state index is 0.101. The molecule has 3 N–H and O–H groups in total. The molecule has 3 aromatic carbocycles. The molecule has 1 amide bonds. The van der Waals surface area contributed by atoms with Gasteiger partial charge in [-0.2, -0.15) is 5.10 Å². The molecule has 0 bridgehead atoms. The summed E-state index contributed by atoms with van der Waals surface area (Å²) in [7, 11) is 0. The highest BCUT2D eigenvalue weighted by molar-refractivity contribution is 9.10. The molecule has 1 aromatic heterocycles. The van der Waals surface area contributed by atoms with E-state index < -0.39 is 0 Å². The van der Waals surface area contributed by atoms with Gasteiger partial charge in [-0.1, -0.05) is 41.9 Å². The van der Waals surface area contributed by atoms with Crippen LogP contribution in [0.4, 0.5) is 0 Å². The van der Waals surface area contributed by atoms with Crippen molar-refractivity contribution in [1.29, 1.82) is 0 Å². The first kappa shape index (κ1) is 20.2. The van der Waals surface area contributed by atoms with E-state index in [0.29, 0.717) is 16.6 Å². The number of nitrogens with zero attached hydrogens (tertiary/aromatic N) is 1. The minimum Gasteiger partial charge on any atom is -0.507 e. The lowest BCUT2D eigenvalue weighted by molar-refractivity contribution is -0.663. The molecule has 4 rings (SSSR count). The fraction of sp³-hybridized carbons (Fsp3) is 0.167. The van der Waals surface area contributed by atoms with Gasteiger partial charge in [0.25, 0.3) is 5.91 Å². The van der Waals surface area contributed by atoms with Crippen molar-refractivity contribution in [3.8, 4) is 11.4 Å². The molecule has 6 heteroatoms. The number of benzene rings is 3. The Kier molecular flexibility index (Phi) is 5.86. The maximum Gasteiger partial charge on any atom is 0.259 e. The van der Waals surface area contributed by atoms with Crippen LogP contribution in [0.2, 0.25) is 0 Å². The maximum absolute atomic E-state index is 12.9. The van der Waals surface area contributed by atoms with Gasteiger partial charge in [-0.15, -0.1) is 0 Å². The normalized spacial score (nSPS) is 11.0. The second kappa shape index (κ2) is 8.71. The Balaban J connectivity index is 1.55. The van der Waals surface area contributed by atoms with Crippen molar-refractivity contribution in [1.82, 2.24) is 10.4 Å². The first-order valence-electron chi connectivity index (χ1n) is 9.94. The van der Waals surface area contributed by atoms with Gasteiger partial charge < -0.3 is 10.4 Å². The lowest BCUT2D eigenvalue weighted by atomic mass is 10.1. The summed E-state index contributed by atoms with van der Waals surface area (Å²) in [5, 5.41) is 18.0. The summed E-state index contributed by atoms with van der Waals surface area (Å²) in [6.07, 6.45) is 3.51. The molecule has 0 radical (unpaired) electrons. The number of hydrogen-bond donors (Lipinski definition) is 3. The number of aromatic nitrogens is 2. The largest absolute Gasteiger partial charge is 0.507 e. The zero-order valence-electron chi connectivity index (χ0n) is 16.7. The monoisotopic (exact) mass is 464 g/mol. The number of hydrogen-bond acceptors (Lipinski definition) is 2. The number of fused-ring (bicyclic) bond motifs is 1. The zero-order chi connectivity index (χ0) is 21.1. The van der Waals surface area contributed by atoms with E-state index in [9.17, 15) is 9.90 Å². The fourth-order valence-electron chi connectivity index (χ4n) is 3.59. The number of carbonyl (C=O) groups excluding carboxylic acids is 1. The van der Waals surface area contributed by atoms with E-state index in [1.807, 2.05) is 59.3 Å². The Morgan fingerprint density at radius 1 is 1.10 bits per heavy atom. The van der Waals surface area contributed by atoms with E-state index in [4.69, 9.17) is 0 Å². The van der Waals surface area contributed by atoms with Crippen LogP contribution in [-0.4, -0.2) is 16.1 Å². The summed E-state index contributed by atoms with van der Waals surface area (Å²) in [6.45, 7) is 2.53. The smallest absolute Gasteiger partial charge is 0.259 e.